The van der Waals surface area contributed by atoms with Crippen LogP contribution in [0.5, 0.6) is 0 Å². The van der Waals surface area contributed by atoms with Gasteiger partial charge in [-0.1, -0.05) is 167 Å². The average Bonchev–Trinajstić information content (AvgIpc) is 4.12. The van der Waals surface area contributed by atoms with Crippen molar-refractivity contribution in [3.63, 3.8) is 0 Å². The SMILES string of the molecule is CC1(C)c2ccccc2-c2ccc3c4ccccc4n(-c4ccc(C(F)(F)F)cc4-c4nc(-c5ccccc5)nc(-c5cc(C(F)(F)F)ccc5-n5c6ccccc6c6ccc7c(c65)C(C)(C)c5ccccc5-7)n4)c3c21. The molecule has 370 valence electrons. The third-order valence-corrected chi connectivity index (χ3v) is 16.0. The molecule has 0 N–H and O–H groups in total. The predicted molar refractivity (Wildman–Crippen MR) is 290 cm³/mol. The van der Waals surface area contributed by atoms with E-state index in [2.05, 4.69) is 76.2 Å². The van der Waals surface area contributed by atoms with Crippen molar-refractivity contribution >= 4 is 43.6 Å². The molecule has 0 radical (unpaired) electrons. The molecule has 0 spiro atoms. The summed E-state index contributed by atoms with van der Waals surface area (Å²) >= 11 is 0. The van der Waals surface area contributed by atoms with Crippen molar-refractivity contribution in [1.29, 1.82) is 0 Å². The molecule has 0 fully saturated rings. The highest BCUT2D eigenvalue weighted by Crippen LogP contribution is 2.55. The van der Waals surface area contributed by atoms with Gasteiger partial charge >= 0.3 is 12.4 Å². The van der Waals surface area contributed by atoms with Gasteiger partial charge in [0.15, 0.2) is 17.5 Å². The van der Waals surface area contributed by atoms with E-state index < -0.39 is 34.3 Å². The van der Waals surface area contributed by atoms with Gasteiger partial charge in [0.2, 0.25) is 0 Å². The molecule has 0 amide bonds. The maximum absolute atomic E-state index is 15.3. The molecule has 5 nitrogen and oxygen atoms in total. The standard InChI is InChI=1S/C65H43F6N5/c1-62(2)49-22-12-8-18-39(49)43-28-30-45-41-20-10-14-24-51(41)75(57(45)55(43)62)53-32-26-37(64(66,67)68)34-47(53)60-72-59(36-16-6-5-7-17-36)73-61(74-60)48-35-38(65(69,70)71)27-33-54(48)76-52-25-15-11-21-42(52)46-31-29-44-40-19-9-13-23-50(40)63(3,4)56(44)58(46)76/h5-35H,1-4H3. The van der Waals surface area contributed by atoms with Gasteiger partial charge in [0.05, 0.1) is 44.6 Å². The fourth-order valence-electron chi connectivity index (χ4n) is 12.6. The van der Waals surface area contributed by atoms with Crippen LogP contribution in [0.3, 0.4) is 0 Å². The summed E-state index contributed by atoms with van der Waals surface area (Å²) in [4.78, 5) is 15.1. The van der Waals surface area contributed by atoms with Crippen LogP contribution in [0.1, 0.15) is 61.1 Å². The molecule has 2 aliphatic carbocycles. The summed E-state index contributed by atoms with van der Waals surface area (Å²) in [5.74, 6) is -0.255. The molecular formula is C65H43F6N5. The summed E-state index contributed by atoms with van der Waals surface area (Å²) in [5, 5.41) is 3.58. The lowest BCUT2D eigenvalue weighted by Crippen LogP contribution is -2.17. The zero-order valence-electron chi connectivity index (χ0n) is 41.4. The van der Waals surface area contributed by atoms with E-state index in [0.717, 1.165) is 112 Å². The maximum atomic E-state index is 15.3. The van der Waals surface area contributed by atoms with Gasteiger partial charge in [-0.3, -0.25) is 0 Å². The highest BCUT2D eigenvalue weighted by atomic mass is 19.4. The van der Waals surface area contributed by atoms with Gasteiger partial charge < -0.3 is 9.13 Å². The second-order valence-electron chi connectivity index (χ2n) is 20.9. The van der Waals surface area contributed by atoms with Crippen LogP contribution in [-0.2, 0) is 23.2 Å². The van der Waals surface area contributed by atoms with Gasteiger partial charge in [-0.25, -0.2) is 15.0 Å². The second-order valence-corrected chi connectivity index (χ2v) is 20.9. The molecule has 0 bridgehead atoms. The molecule has 14 rings (SSSR count). The summed E-state index contributed by atoms with van der Waals surface area (Å²) in [5.41, 5.74) is 9.74. The molecule has 3 aromatic heterocycles. The Morgan fingerprint density at radius 3 is 1.20 bits per heavy atom. The molecule has 2 aliphatic rings. The fraction of sp³-hybridized carbons (Fsp3) is 0.123. The summed E-state index contributed by atoms with van der Waals surface area (Å²) in [7, 11) is 0. The minimum atomic E-state index is -4.80. The Balaban J connectivity index is 1.10. The van der Waals surface area contributed by atoms with Crippen molar-refractivity contribution in [2.24, 2.45) is 0 Å². The van der Waals surface area contributed by atoms with Gasteiger partial charge in [-0.2, -0.15) is 26.3 Å². The number of benzene rings is 9. The van der Waals surface area contributed by atoms with Crippen LogP contribution in [-0.4, -0.2) is 24.1 Å². The van der Waals surface area contributed by atoms with Crippen LogP contribution < -0.4 is 0 Å². The minimum absolute atomic E-state index is 0.00644. The molecule has 9 aromatic carbocycles. The molecular weight excluding hydrogens is 965 g/mol. The van der Waals surface area contributed by atoms with Crippen LogP contribution in [0.4, 0.5) is 26.3 Å². The van der Waals surface area contributed by atoms with E-state index in [1.54, 1.807) is 24.3 Å². The zero-order valence-corrected chi connectivity index (χ0v) is 41.4. The Hall–Kier alpha value is -8.83. The molecule has 0 saturated carbocycles. The highest BCUT2D eigenvalue weighted by Gasteiger charge is 2.41. The van der Waals surface area contributed by atoms with Crippen molar-refractivity contribution in [3.05, 3.63) is 221 Å². The first-order valence-electron chi connectivity index (χ1n) is 25.1. The largest absolute Gasteiger partial charge is 0.416 e. The van der Waals surface area contributed by atoms with Crippen LogP contribution in [0.15, 0.2) is 188 Å². The van der Waals surface area contributed by atoms with Crippen molar-refractivity contribution in [2.75, 3.05) is 0 Å². The highest BCUT2D eigenvalue weighted by molar-refractivity contribution is 6.15. The zero-order chi connectivity index (χ0) is 52.2. The Kier molecular flexibility index (Phi) is 9.54. The van der Waals surface area contributed by atoms with Crippen molar-refractivity contribution in [1.82, 2.24) is 24.1 Å². The van der Waals surface area contributed by atoms with Crippen LogP contribution in [0.25, 0.3) is 111 Å². The van der Waals surface area contributed by atoms with Crippen molar-refractivity contribution < 1.29 is 26.3 Å². The van der Waals surface area contributed by atoms with Gasteiger partial charge in [0, 0.05) is 49.1 Å². The van der Waals surface area contributed by atoms with E-state index in [1.807, 2.05) is 88.0 Å². The summed E-state index contributed by atoms with van der Waals surface area (Å²) in [6.07, 6.45) is -9.59. The number of alkyl halides is 6. The van der Waals surface area contributed by atoms with E-state index in [1.165, 1.54) is 12.1 Å². The van der Waals surface area contributed by atoms with Gasteiger partial charge in [-0.05, 0) is 93.0 Å². The van der Waals surface area contributed by atoms with E-state index in [0.29, 0.717) is 16.9 Å². The van der Waals surface area contributed by atoms with E-state index in [-0.39, 0.29) is 28.6 Å². The smallest absolute Gasteiger partial charge is 0.308 e. The van der Waals surface area contributed by atoms with Gasteiger partial charge in [-0.15, -0.1) is 0 Å². The van der Waals surface area contributed by atoms with Crippen molar-refractivity contribution in [2.45, 2.75) is 50.9 Å². The summed E-state index contributed by atoms with van der Waals surface area (Å²) < 4.78 is 95.7. The topological polar surface area (TPSA) is 48.5 Å². The second kappa shape index (κ2) is 15.8. The number of halogens is 6. The number of aromatic nitrogens is 5. The first-order chi connectivity index (χ1) is 36.5. The first kappa shape index (κ1) is 45.8. The lowest BCUT2D eigenvalue weighted by molar-refractivity contribution is -0.138. The van der Waals surface area contributed by atoms with E-state index in [9.17, 15) is 0 Å². The minimum Gasteiger partial charge on any atom is -0.308 e. The van der Waals surface area contributed by atoms with Gasteiger partial charge in [0.25, 0.3) is 0 Å². The van der Waals surface area contributed by atoms with Crippen LogP contribution >= 0.6 is 0 Å². The molecule has 0 saturated heterocycles. The van der Waals surface area contributed by atoms with Crippen LogP contribution in [0.2, 0.25) is 0 Å². The molecule has 0 aliphatic heterocycles. The maximum Gasteiger partial charge on any atom is 0.416 e. The van der Waals surface area contributed by atoms with Crippen LogP contribution in [0, 0.1) is 0 Å². The number of hydrogen-bond donors (Lipinski definition) is 0. The normalized spacial score (nSPS) is 14.4. The molecule has 12 aromatic rings. The molecule has 0 atom stereocenters. The Bertz CT molecular complexity index is 4180. The third kappa shape index (κ3) is 6.50. The number of hydrogen-bond acceptors (Lipinski definition) is 3. The summed E-state index contributed by atoms with van der Waals surface area (Å²) in [6, 6.07) is 56.5. The Labute approximate surface area is 432 Å². The number of fused-ring (bicyclic) bond motifs is 14. The molecule has 76 heavy (non-hydrogen) atoms. The number of para-hydroxylation sites is 2. The quantitative estimate of drug-likeness (QED) is 0.161. The van der Waals surface area contributed by atoms with E-state index >= 15 is 26.3 Å². The van der Waals surface area contributed by atoms with Crippen molar-refractivity contribution in [3.8, 4) is 67.8 Å². The Morgan fingerprint density at radius 2 is 0.750 bits per heavy atom. The molecule has 11 heteroatoms. The monoisotopic (exact) mass is 1010 g/mol. The average molecular weight is 1010 g/mol. The fourth-order valence-corrected chi connectivity index (χ4v) is 12.6. The first-order valence-corrected chi connectivity index (χ1v) is 25.1. The molecule has 3 heterocycles. The number of nitrogens with zero attached hydrogens (tertiary/aromatic N) is 5. The number of rotatable bonds is 5. The summed E-state index contributed by atoms with van der Waals surface area (Å²) in [6.45, 7) is 8.65. The third-order valence-electron chi connectivity index (χ3n) is 16.0. The predicted octanol–water partition coefficient (Wildman–Crippen LogP) is 17.7. The van der Waals surface area contributed by atoms with E-state index in [4.69, 9.17) is 15.0 Å². The van der Waals surface area contributed by atoms with Gasteiger partial charge in [0.1, 0.15) is 0 Å². The lowest BCUT2D eigenvalue weighted by atomic mass is 9.81. The lowest BCUT2D eigenvalue weighted by Gasteiger charge is -2.24. The Morgan fingerprint density at radius 1 is 0.355 bits per heavy atom. The molecule has 0 unspecified atom stereocenters.